The summed E-state index contributed by atoms with van der Waals surface area (Å²) in [6, 6.07) is 3.07. The molecule has 0 bridgehead atoms. The summed E-state index contributed by atoms with van der Waals surface area (Å²) in [6.07, 6.45) is 4.96. The van der Waals surface area contributed by atoms with E-state index in [0.29, 0.717) is 12.0 Å². The second-order valence-corrected chi connectivity index (χ2v) is 4.51. The van der Waals surface area contributed by atoms with Crippen LogP contribution in [0.3, 0.4) is 0 Å². The van der Waals surface area contributed by atoms with Crippen molar-refractivity contribution in [1.82, 2.24) is 10.6 Å². The summed E-state index contributed by atoms with van der Waals surface area (Å²) >= 11 is 0. The second-order valence-electron chi connectivity index (χ2n) is 4.51. The highest BCUT2D eigenvalue weighted by Gasteiger charge is 2.31. The van der Waals surface area contributed by atoms with Gasteiger partial charge in [-0.1, -0.05) is 0 Å². The van der Waals surface area contributed by atoms with Crippen LogP contribution in [-0.2, 0) is 0 Å². The van der Waals surface area contributed by atoms with Crippen LogP contribution in [0, 0.1) is 23.2 Å². The Bertz CT molecular complexity index is 211. The zero-order valence-corrected chi connectivity index (χ0v) is 8.63. The molecular weight excluding hydrogens is 174 g/mol. The molecule has 1 saturated carbocycles. The number of nitrogens with zero attached hydrogens (tertiary/aromatic N) is 1. The van der Waals surface area contributed by atoms with E-state index in [2.05, 4.69) is 16.7 Å². The molecule has 2 aliphatic rings. The third-order valence-electron chi connectivity index (χ3n) is 3.32. The van der Waals surface area contributed by atoms with E-state index < -0.39 is 0 Å². The Kier molecular flexibility index (Phi) is 3.39. The van der Waals surface area contributed by atoms with Gasteiger partial charge in [0.25, 0.3) is 0 Å². The molecule has 2 rings (SSSR count). The Balaban J connectivity index is 1.67. The molecule has 1 aliphatic heterocycles. The average Bonchev–Trinajstić information content (AvgIpc) is 3.05. The maximum Gasteiger partial charge on any atom is 0.0672 e. The van der Waals surface area contributed by atoms with Crippen LogP contribution in [0.5, 0.6) is 0 Å². The van der Waals surface area contributed by atoms with Gasteiger partial charge in [0.2, 0.25) is 0 Å². The standard InChI is InChI=1S/C11H19N3/c12-7-10(9-1-2-9)8-14-11-3-5-13-6-4-11/h9-11,13-14H,1-6,8H2. The highest BCUT2D eigenvalue weighted by atomic mass is 15.0. The Labute approximate surface area is 85.9 Å². The summed E-state index contributed by atoms with van der Waals surface area (Å²) in [7, 11) is 0. The summed E-state index contributed by atoms with van der Waals surface area (Å²) < 4.78 is 0. The molecule has 1 heterocycles. The molecule has 0 aromatic heterocycles. The van der Waals surface area contributed by atoms with Gasteiger partial charge in [-0.25, -0.2) is 0 Å². The lowest BCUT2D eigenvalue weighted by Gasteiger charge is -2.24. The first-order valence-corrected chi connectivity index (χ1v) is 5.74. The Morgan fingerprint density at radius 1 is 1.29 bits per heavy atom. The summed E-state index contributed by atoms with van der Waals surface area (Å²) in [5.41, 5.74) is 0. The van der Waals surface area contributed by atoms with Gasteiger partial charge in [-0.3, -0.25) is 0 Å². The SMILES string of the molecule is N#CC(CNC1CCNCC1)C1CC1. The van der Waals surface area contributed by atoms with Gasteiger partial charge in [0, 0.05) is 12.6 Å². The fourth-order valence-electron chi connectivity index (χ4n) is 2.14. The number of nitrogens with one attached hydrogen (secondary N) is 2. The molecule has 1 saturated heterocycles. The minimum Gasteiger partial charge on any atom is -0.317 e. The predicted octanol–water partition coefficient (Wildman–Crippen LogP) is 0.878. The van der Waals surface area contributed by atoms with Gasteiger partial charge in [0.05, 0.1) is 12.0 Å². The van der Waals surface area contributed by atoms with Crippen molar-refractivity contribution in [2.75, 3.05) is 19.6 Å². The largest absolute Gasteiger partial charge is 0.317 e. The summed E-state index contributed by atoms with van der Waals surface area (Å²) in [5, 5.41) is 15.8. The molecule has 0 aromatic rings. The molecule has 1 aliphatic carbocycles. The lowest BCUT2D eigenvalue weighted by molar-refractivity contribution is 0.366. The van der Waals surface area contributed by atoms with Crippen molar-refractivity contribution in [3.05, 3.63) is 0 Å². The minimum absolute atomic E-state index is 0.268. The monoisotopic (exact) mass is 193 g/mol. The molecule has 78 valence electrons. The van der Waals surface area contributed by atoms with Gasteiger partial charge in [0.15, 0.2) is 0 Å². The lowest BCUT2D eigenvalue weighted by atomic mass is 10.0. The molecule has 1 atom stereocenters. The molecular formula is C11H19N3. The van der Waals surface area contributed by atoms with Gasteiger partial charge in [0.1, 0.15) is 0 Å². The number of rotatable bonds is 4. The predicted molar refractivity (Wildman–Crippen MR) is 55.7 cm³/mol. The zero-order valence-electron chi connectivity index (χ0n) is 8.63. The second kappa shape index (κ2) is 4.77. The molecule has 0 aromatic carbocycles. The molecule has 2 fully saturated rings. The van der Waals surface area contributed by atoms with Crippen LogP contribution in [0.2, 0.25) is 0 Å². The zero-order chi connectivity index (χ0) is 9.80. The highest BCUT2D eigenvalue weighted by Crippen LogP contribution is 2.36. The van der Waals surface area contributed by atoms with Crippen molar-refractivity contribution < 1.29 is 0 Å². The van der Waals surface area contributed by atoms with E-state index in [4.69, 9.17) is 5.26 Å². The normalized spacial score (nSPS) is 25.6. The van der Waals surface area contributed by atoms with Crippen LogP contribution in [0.15, 0.2) is 0 Å². The number of piperidine rings is 1. The molecule has 14 heavy (non-hydrogen) atoms. The van der Waals surface area contributed by atoms with Crippen molar-refractivity contribution in [2.45, 2.75) is 31.7 Å². The minimum atomic E-state index is 0.268. The summed E-state index contributed by atoms with van der Waals surface area (Å²) in [4.78, 5) is 0. The van der Waals surface area contributed by atoms with E-state index in [0.717, 1.165) is 19.6 Å². The fraction of sp³-hybridized carbons (Fsp3) is 0.909. The van der Waals surface area contributed by atoms with Crippen molar-refractivity contribution in [1.29, 1.82) is 5.26 Å². The van der Waals surface area contributed by atoms with Crippen LogP contribution in [-0.4, -0.2) is 25.7 Å². The van der Waals surface area contributed by atoms with Crippen LogP contribution >= 0.6 is 0 Å². The maximum absolute atomic E-state index is 8.96. The van der Waals surface area contributed by atoms with E-state index >= 15 is 0 Å². The van der Waals surface area contributed by atoms with E-state index in [1.165, 1.54) is 25.7 Å². The quantitative estimate of drug-likeness (QED) is 0.696. The number of hydrogen-bond donors (Lipinski definition) is 2. The molecule has 0 spiro atoms. The third-order valence-corrected chi connectivity index (χ3v) is 3.32. The molecule has 2 N–H and O–H groups in total. The highest BCUT2D eigenvalue weighted by molar-refractivity contribution is 4.96. The molecule has 3 heteroatoms. The van der Waals surface area contributed by atoms with Crippen molar-refractivity contribution >= 4 is 0 Å². The molecule has 0 amide bonds. The topological polar surface area (TPSA) is 47.9 Å². The van der Waals surface area contributed by atoms with Gasteiger partial charge in [-0.15, -0.1) is 0 Å². The van der Waals surface area contributed by atoms with Gasteiger partial charge >= 0.3 is 0 Å². The van der Waals surface area contributed by atoms with Crippen LogP contribution in [0.4, 0.5) is 0 Å². The van der Waals surface area contributed by atoms with Crippen molar-refractivity contribution in [2.24, 2.45) is 11.8 Å². The van der Waals surface area contributed by atoms with E-state index in [1.54, 1.807) is 0 Å². The van der Waals surface area contributed by atoms with Gasteiger partial charge < -0.3 is 10.6 Å². The van der Waals surface area contributed by atoms with Crippen LogP contribution in [0.25, 0.3) is 0 Å². The molecule has 3 nitrogen and oxygen atoms in total. The lowest BCUT2D eigenvalue weighted by Crippen LogP contribution is -2.41. The van der Waals surface area contributed by atoms with Gasteiger partial charge in [-0.2, -0.15) is 5.26 Å². The third kappa shape index (κ3) is 2.70. The maximum atomic E-state index is 8.96. The Morgan fingerprint density at radius 3 is 2.57 bits per heavy atom. The first-order valence-electron chi connectivity index (χ1n) is 5.74. The number of hydrogen-bond acceptors (Lipinski definition) is 3. The average molecular weight is 193 g/mol. The Morgan fingerprint density at radius 2 is 2.00 bits per heavy atom. The molecule has 0 radical (unpaired) electrons. The first-order chi connectivity index (χ1) is 6.90. The molecule has 1 unspecified atom stereocenters. The van der Waals surface area contributed by atoms with Crippen LogP contribution in [0.1, 0.15) is 25.7 Å². The summed E-state index contributed by atoms with van der Waals surface area (Å²) in [5.74, 6) is 0.971. The van der Waals surface area contributed by atoms with E-state index in [9.17, 15) is 0 Å². The number of nitriles is 1. The Hall–Kier alpha value is -0.590. The first kappa shape index (κ1) is 9.95. The van der Waals surface area contributed by atoms with Crippen molar-refractivity contribution in [3.8, 4) is 6.07 Å². The van der Waals surface area contributed by atoms with Crippen molar-refractivity contribution in [3.63, 3.8) is 0 Å². The summed E-state index contributed by atoms with van der Waals surface area (Å²) in [6.45, 7) is 3.16. The fourth-order valence-corrected chi connectivity index (χ4v) is 2.14. The van der Waals surface area contributed by atoms with Crippen LogP contribution < -0.4 is 10.6 Å². The van der Waals surface area contributed by atoms with E-state index in [1.807, 2.05) is 0 Å². The van der Waals surface area contributed by atoms with Gasteiger partial charge in [-0.05, 0) is 44.7 Å². The smallest absolute Gasteiger partial charge is 0.0672 e. The van der Waals surface area contributed by atoms with E-state index in [-0.39, 0.29) is 5.92 Å².